The maximum Gasteiger partial charge on any atom is 0.409 e. The number of halogens is 1. The molecular formula is C22H37IN6O2. The van der Waals surface area contributed by atoms with E-state index in [-0.39, 0.29) is 30.1 Å². The maximum atomic E-state index is 11.9. The zero-order chi connectivity index (χ0) is 21.3. The van der Waals surface area contributed by atoms with E-state index in [0.717, 1.165) is 58.3 Å². The monoisotopic (exact) mass is 544 g/mol. The van der Waals surface area contributed by atoms with Crippen LogP contribution < -0.4 is 5.32 Å². The summed E-state index contributed by atoms with van der Waals surface area (Å²) in [6.45, 7) is 11.4. The van der Waals surface area contributed by atoms with Crippen LogP contribution in [-0.2, 0) is 17.8 Å². The second kappa shape index (κ2) is 13.1. The third-order valence-corrected chi connectivity index (χ3v) is 5.79. The molecule has 3 rings (SSSR count). The summed E-state index contributed by atoms with van der Waals surface area (Å²) in [5.74, 6) is 0.875. The molecule has 174 valence electrons. The number of hydrogen-bond acceptors (Lipinski definition) is 5. The zero-order valence-corrected chi connectivity index (χ0v) is 21.4. The molecule has 0 bridgehead atoms. The van der Waals surface area contributed by atoms with E-state index in [1.807, 2.05) is 6.92 Å². The van der Waals surface area contributed by atoms with Gasteiger partial charge in [0.05, 0.1) is 6.61 Å². The first-order valence-corrected chi connectivity index (χ1v) is 10.9. The predicted octanol–water partition coefficient (Wildman–Crippen LogP) is 1.90. The highest BCUT2D eigenvalue weighted by molar-refractivity contribution is 14.0. The van der Waals surface area contributed by atoms with Crippen molar-refractivity contribution in [2.45, 2.75) is 20.0 Å². The van der Waals surface area contributed by atoms with Crippen LogP contribution in [0.15, 0.2) is 29.3 Å². The fourth-order valence-corrected chi connectivity index (χ4v) is 3.86. The van der Waals surface area contributed by atoms with Crippen LogP contribution in [0.4, 0.5) is 4.79 Å². The Bertz CT molecular complexity index is 698. The lowest BCUT2D eigenvalue weighted by molar-refractivity contribution is 0.0914. The minimum atomic E-state index is -0.225. The Morgan fingerprint density at radius 2 is 1.55 bits per heavy atom. The number of likely N-dealkylation sites (N-methyl/N-ethyl adjacent to an activating group) is 1. The molecule has 1 N–H and O–H groups in total. The van der Waals surface area contributed by atoms with E-state index < -0.39 is 0 Å². The van der Waals surface area contributed by atoms with E-state index in [1.165, 1.54) is 11.1 Å². The smallest absolute Gasteiger partial charge is 0.409 e. The van der Waals surface area contributed by atoms with Gasteiger partial charge in [0, 0.05) is 72.5 Å². The number of aliphatic imine (C=N–C) groups is 1. The quantitative estimate of drug-likeness (QED) is 0.347. The van der Waals surface area contributed by atoms with E-state index in [1.54, 1.807) is 11.9 Å². The molecule has 1 amide bonds. The molecule has 2 saturated heterocycles. The standard InChI is InChI=1S/C22H36N6O2.HI/c1-4-30-22(29)28-15-13-27(14-16-28)21(23-2)24-17-19-5-7-20(8-6-19)18-26-11-9-25(3)10-12-26;/h5-8H,4,9-18H2,1-3H3,(H,23,24);1H. The molecule has 9 heteroatoms. The van der Waals surface area contributed by atoms with Gasteiger partial charge < -0.3 is 24.8 Å². The lowest BCUT2D eigenvalue weighted by atomic mass is 10.1. The van der Waals surface area contributed by atoms with Crippen molar-refractivity contribution in [1.82, 2.24) is 24.9 Å². The Morgan fingerprint density at radius 1 is 0.968 bits per heavy atom. The summed E-state index contributed by atoms with van der Waals surface area (Å²) < 4.78 is 5.09. The number of guanidine groups is 1. The number of benzene rings is 1. The highest BCUT2D eigenvalue weighted by Gasteiger charge is 2.23. The van der Waals surface area contributed by atoms with Crippen LogP contribution in [0.1, 0.15) is 18.1 Å². The van der Waals surface area contributed by atoms with Crippen molar-refractivity contribution in [3.63, 3.8) is 0 Å². The van der Waals surface area contributed by atoms with Gasteiger partial charge in [-0.25, -0.2) is 4.79 Å². The van der Waals surface area contributed by atoms with Gasteiger partial charge in [-0.15, -0.1) is 24.0 Å². The summed E-state index contributed by atoms with van der Waals surface area (Å²) in [5, 5.41) is 3.46. The minimum Gasteiger partial charge on any atom is -0.450 e. The number of amides is 1. The fraction of sp³-hybridized carbons (Fsp3) is 0.636. The Labute approximate surface area is 203 Å². The fourth-order valence-electron chi connectivity index (χ4n) is 3.86. The molecule has 0 saturated carbocycles. The minimum absolute atomic E-state index is 0. The summed E-state index contributed by atoms with van der Waals surface area (Å²) in [5.41, 5.74) is 2.60. The number of hydrogen-bond donors (Lipinski definition) is 1. The first kappa shape index (κ1) is 25.7. The average molecular weight is 544 g/mol. The molecule has 2 aliphatic heterocycles. The van der Waals surface area contributed by atoms with Gasteiger partial charge in [-0.3, -0.25) is 9.89 Å². The summed E-state index contributed by atoms with van der Waals surface area (Å²) in [4.78, 5) is 25.1. The second-order valence-electron chi connectivity index (χ2n) is 7.97. The van der Waals surface area contributed by atoms with Crippen molar-refractivity contribution in [2.24, 2.45) is 4.99 Å². The Kier molecular flexibility index (Phi) is 10.8. The first-order valence-electron chi connectivity index (χ1n) is 10.9. The molecule has 1 aromatic carbocycles. The van der Waals surface area contributed by atoms with Crippen molar-refractivity contribution < 1.29 is 9.53 Å². The summed E-state index contributed by atoms with van der Waals surface area (Å²) in [7, 11) is 3.99. The average Bonchev–Trinajstić information content (AvgIpc) is 2.77. The molecule has 2 fully saturated rings. The molecule has 0 atom stereocenters. The van der Waals surface area contributed by atoms with Crippen LogP contribution >= 0.6 is 24.0 Å². The molecule has 8 nitrogen and oxygen atoms in total. The van der Waals surface area contributed by atoms with Crippen molar-refractivity contribution in [3.8, 4) is 0 Å². The van der Waals surface area contributed by atoms with Gasteiger partial charge in [0.2, 0.25) is 0 Å². The SMILES string of the molecule is CCOC(=O)N1CCN(C(=NC)NCc2ccc(CN3CCN(C)CC3)cc2)CC1.I. The highest BCUT2D eigenvalue weighted by Crippen LogP contribution is 2.10. The molecule has 31 heavy (non-hydrogen) atoms. The van der Waals surface area contributed by atoms with Gasteiger partial charge in [0.1, 0.15) is 0 Å². The zero-order valence-electron chi connectivity index (χ0n) is 19.0. The summed E-state index contributed by atoms with van der Waals surface area (Å²) in [6.07, 6.45) is -0.225. The lowest BCUT2D eigenvalue weighted by Crippen LogP contribution is -2.53. The molecule has 0 spiro atoms. The topological polar surface area (TPSA) is 63.7 Å². The van der Waals surface area contributed by atoms with E-state index in [9.17, 15) is 4.79 Å². The number of ether oxygens (including phenoxy) is 1. The van der Waals surface area contributed by atoms with Gasteiger partial charge in [-0.1, -0.05) is 24.3 Å². The van der Waals surface area contributed by atoms with E-state index in [4.69, 9.17) is 4.74 Å². The van der Waals surface area contributed by atoms with Gasteiger partial charge in [-0.05, 0) is 25.1 Å². The molecule has 0 aromatic heterocycles. The van der Waals surface area contributed by atoms with Crippen LogP contribution in [0, 0.1) is 0 Å². The summed E-state index contributed by atoms with van der Waals surface area (Å²) >= 11 is 0. The third kappa shape index (κ3) is 7.80. The Hall–Kier alpha value is -1.59. The molecule has 0 aliphatic carbocycles. The number of nitrogens with zero attached hydrogens (tertiary/aromatic N) is 5. The van der Waals surface area contributed by atoms with Gasteiger partial charge in [0.15, 0.2) is 5.96 Å². The van der Waals surface area contributed by atoms with Crippen molar-refractivity contribution in [3.05, 3.63) is 35.4 Å². The van der Waals surface area contributed by atoms with Crippen LogP contribution in [0.25, 0.3) is 0 Å². The number of carbonyl (C=O) groups excluding carboxylic acids is 1. The van der Waals surface area contributed by atoms with Crippen LogP contribution in [0.5, 0.6) is 0 Å². The number of carbonyl (C=O) groups is 1. The molecule has 2 heterocycles. The molecule has 0 radical (unpaired) electrons. The molecular weight excluding hydrogens is 507 g/mol. The van der Waals surface area contributed by atoms with Crippen molar-refractivity contribution in [1.29, 1.82) is 0 Å². The van der Waals surface area contributed by atoms with E-state index in [0.29, 0.717) is 19.7 Å². The van der Waals surface area contributed by atoms with Crippen LogP contribution in [-0.4, -0.2) is 105 Å². The summed E-state index contributed by atoms with van der Waals surface area (Å²) in [6, 6.07) is 8.86. The third-order valence-electron chi connectivity index (χ3n) is 5.79. The maximum absolute atomic E-state index is 11.9. The van der Waals surface area contributed by atoms with Crippen LogP contribution in [0.3, 0.4) is 0 Å². The number of rotatable bonds is 5. The number of nitrogens with one attached hydrogen (secondary N) is 1. The molecule has 2 aliphatic rings. The van der Waals surface area contributed by atoms with Crippen LogP contribution in [0.2, 0.25) is 0 Å². The number of piperazine rings is 2. The van der Waals surface area contributed by atoms with Gasteiger partial charge in [-0.2, -0.15) is 0 Å². The van der Waals surface area contributed by atoms with Crippen molar-refractivity contribution >= 4 is 36.0 Å². The Morgan fingerprint density at radius 3 is 2.13 bits per heavy atom. The first-order chi connectivity index (χ1) is 14.6. The van der Waals surface area contributed by atoms with E-state index in [2.05, 4.69) is 56.3 Å². The molecule has 0 unspecified atom stereocenters. The normalized spacial score (nSPS) is 18.5. The van der Waals surface area contributed by atoms with Gasteiger partial charge in [0.25, 0.3) is 0 Å². The van der Waals surface area contributed by atoms with Gasteiger partial charge >= 0.3 is 6.09 Å². The second-order valence-corrected chi connectivity index (χ2v) is 7.97. The van der Waals surface area contributed by atoms with E-state index >= 15 is 0 Å². The highest BCUT2D eigenvalue weighted by atomic mass is 127. The largest absolute Gasteiger partial charge is 0.450 e. The molecule has 1 aromatic rings. The lowest BCUT2D eigenvalue weighted by Gasteiger charge is -2.35. The predicted molar refractivity (Wildman–Crippen MR) is 135 cm³/mol. The Balaban J connectivity index is 0.00000341. The van der Waals surface area contributed by atoms with Crippen molar-refractivity contribution in [2.75, 3.05) is 73.1 Å².